The third kappa shape index (κ3) is 4.13. The van der Waals surface area contributed by atoms with Crippen molar-refractivity contribution in [2.45, 2.75) is 13.1 Å². The van der Waals surface area contributed by atoms with Gasteiger partial charge in [0.2, 0.25) is 0 Å². The van der Waals surface area contributed by atoms with E-state index in [9.17, 15) is 26.7 Å². The third-order valence-electron chi connectivity index (χ3n) is 3.64. The van der Waals surface area contributed by atoms with Gasteiger partial charge >= 0.3 is 6.18 Å². The number of hydrogen-bond donors (Lipinski definition) is 1. The minimum atomic E-state index is -4.44. The molecule has 0 fully saturated rings. The molecule has 1 heterocycles. The second-order valence-electron chi connectivity index (χ2n) is 5.59. The van der Waals surface area contributed by atoms with Gasteiger partial charge in [-0.25, -0.2) is 13.8 Å². The highest BCUT2D eigenvalue weighted by atomic mass is 32.1. The molecule has 1 N–H and O–H groups in total. The van der Waals surface area contributed by atoms with E-state index in [0.717, 1.165) is 35.6 Å². The lowest BCUT2D eigenvalue weighted by atomic mass is 10.1. The molecule has 0 unspecified atom stereocenters. The first kappa shape index (κ1) is 19.0. The van der Waals surface area contributed by atoms with Gasteiger partial charge in [0.05, 0.1) is 16.9 Å². The summed E-state index contributed by atoms with van der Waals surface area (Å²) < 4.78 is 64.5. The predicted octanol–water partition coefficient (Wildman–Crippen LogP) is 5.67. The fraction of sp³-hybridized carbons (Fsp3) is 0.111. The quantitative estimate of drug-likeness (QED) is 0.578. The van der Waals surface area contributed by atoms with E-state index < -0.39 is 29.3 Å². The Balaban J connectivity index is 1.84. The van der Waals surface area contributed by atoms with E-state index in [4.69, 9.17) is 0 Å². The number of benzene rings is 2. The second-order valence-corrected chi connectivity index (χ2v) is 6.59. The zero-order chi connectivity index (χ0) is 19.8. The molecule has 0 spiro atoms. The number of aromatic nitrogens is 1. The van der Waals surface area contributed by atoms with E-state index in [2.05, 4.69) is 10.3 Å². The maximum atomic E-state index is 13.7. The van der Waals surface area contributed by atoms with E-state index in [1.807, 2.05) is 0 Å². The molecule has 27 heavy (non-hydrogen) atoms. The van der Waals surface area contributed by atoms with E-state index >= 15 is 0 Å². The first-order valence-electron chi connectivity index (χ1n) is 7.56. The number of halogens is 5. The number of carbonyl (C=O) groups is 1. The average Bonchev–Trinajstić information content (AvgIpc) is 2.98. The van der Waals surface area contributed by atoms with Gasteiger partial charge < -0.3 is 5.32 Å². The first-order chi connectivity index (χ1) is 12.6. The van der Waals surface area contributed by atoms with E-state index in [1.165, 1.54) is 12.1 Å². The molecule has 9 heteroatoms. The molecule has 0 aliphatic carbocycles. The number of amides is 1. The molecule has 0 atom stereocenters. The van der Waals surface area contributed by atoms with Crippen LogP contribution in [0.2, 0.25) is 0 Å². The van der Waals surface area contributed by atoms with Gasteiger partial charge in [0.15, 0.2) is 0 Å². The summed E-state index contributed by atoms with van der Waals surface area (Å²) in [6, 6.07) is 7.13. The van der Waals surface area contributed by atoms with Crippen molar-refractivity contribution in [2.24, 2.45) is 0 Å². The average molecular weight is 398 g/mol. The van der Waals surface area contributed by atoms with Crippen LogP contribution in [0.5, 0.6) is 0 Å². The van der Waals surface area contributed by atoms with Crippen LogP contribution in [0.15, 0.2) is 42.5 Å². The van der Waals surface area contributed by atoms with Gasteiger partial charge in [0, 0.05) is 11.6 Å². The second kappa shape index (κ2) is 7.07. The number of rotatable bonds is 3. The van der Waals surface area contributed by atoms with E-state index in [-0.39, 0.29) is 10.6 Å². The molecular weight excluding hydrogens is 387 g/mol. The van der Waals surface area contributed by atoms with Crippen molar-refractivity contribution in [3.05, 3.63) is 70.2 Å². The molecule has 0 bridgehead atoms. The van der Waals surface area contributed by atoms with Crippen LogP contribution < -0.4 is 5.32 Å². The number of carbonyl (C=O) groups excluding carboxylic acids is 1. The highest BCUT2D eigenvalue weighted by Crippen LogP contribution is 2.33. The van der Waals surface area contributed by atoms with Crippen LogP contribution in [-0.2, 0) is 6.18 Å². The predicted molar refractivity (Wildman–Crippen MR) is 91.6 cm³/mol. The van der Waals surface area contributed by atoms with Gasteiger partial charge in [-0.15, -0.1) is 11.3 Å². The number of alkyl halides is 3. The highest BCUT2D eigenvalue weighted by Gasteiger charge is 2.30. The summed E-state index contributed by atoms with van der Waals surface area (Å²) in [5.74, 6) is -2.34. The van der Waals surface area contributed by atoms with Gasteiger partial charge in [0.1, 0.15) is 21.5 Å². The Kier molecular flexibility index (Phi) is 4.97. The Bertz CT molecular complexity index is 996. The molecular formula is C18H11F5N2OS. The molecule has 1 amide bonds. The maximum Gasteiger partial charge on any atom is 0.416 e. The van der Waals surface area contributed by atoms with Crippen molar-refractivity contribution >= 4 is 22.9 Å². The fourth-order valence-electron chi connectivity index (χ4n) is 2.30. The number of hydrogen-bond acceptors (Lipinski definition) is 3. The van der Waals surface area contributed by atoms with Crippen molar-refractivity contribution in [1.82, 2.24) is 4.98 Å². The smallest absolute Gasteiger partial charge is 0.319 e. The molecule has 3 nitrogen and oxygen atoms in total. The lowest BCUT2D eigenvalue weighted by Crippen LogP contribution is -2.12. The zero-order valence-corrected chi connectivity index (χ0v) is 14.5. The van der Waals surface area contributed by atoms with Crippen molar-refractivity contribution in [3.63, 3.8) is 0 Å². The number of aryl methyl sites for hydroxylation is 1. The van der Waals surface area contributed by atoms with Crippen molar-refractivity contribution in [2.75, 3.05) is 5.32 Å². The number of thiazole rings is 1. The number of nitrogens with zero attached hydrogens (tertiary/aromatic N) is 1. The summed E-state index contributed by atoms with van der Waals surface area (Å²) in [6.07, 6.45) is -4.44. The molecule has 0 radical (unpaired) electrons. The summed E-state index contributed by atoms with van der Waals surface area (Å²) >= 11 is 0.961. The van der Waals surface area contributed by atoms with Crippen LogP contribution >= 0.6 is 11.3 Å². The van der Waals surface area contributed by atoms with E-state index in [1.54, 1.807) is 6.92 Å². The van der Waals surface area contributed by atoms with E-state index in [0.29, 0.717) is 22.3 Å². The molecule has 3 aromatic rings. The molecule has 3 rings (SSSR count). The minimum absolute atomic E-state index is 0.175. The molecule has 0 aliphatic heterocycles. The molecule has 1 aromatic heterocycles. The Labute approximate surface area is 154 Å². The Morgan fingerprint density at radius 1 is 1.07 bits per heavy atom. The monoisotopic (exact) mass is 398 g/mol. The van der Waals surface area contributed by atoms with Gasteiger partial charge in [-0.05, 0) is 31.2 Å². The first-order valence-corrected chi connectivity index (χ1v) is 8.38. The van der Waals surface area contributed by atoms with Crippen molar-refractivity contribution in [1.29, 1.82) is 0 Å². The topological polar surface area (TPSA) is 42.0 Å². The van der Waals surface area contributed by atoms with Crippen LogP contribution in [0.3, 0.4) is 0 Å². The Morgan fingerprint density at radius 2 is 1.74 bits per heavy atom. The standard InChI is InChI=1S/C18H11F5N2OS/c1-9-15(16(26)25-14-7-6-12(19)8-13(14)20)27-17(24-9)10-2-4-11(5-3-10)18(21,22)23/h2-8H,1H3,(H,25,26). The summed E-state index contributed by atoms with van der Waals surface area (Å²) in [5.41, 5.74) is -0.215. The summed E-state index contributed by atoms with van der Waals surface area (Å²) in [7, 11) is 0. The van der Waals surface area contributed by atoms with Gasteiger partial charge in [0.25, 0.3) is 5.91 Å². The summed E-state index contributed by atoms with van der Waals surface area (Å²) in [5, 5.41) is 2.68. The molecule has 2 aromatic carbocycles. The van der Waals surface area contributed by atoms with Crippen LogP contribution in [0.1, 0.15) is 20.9 Å². The SMILES string of the molecule is Cc1nc(-c2ccc(C(F)(F)F)cc2)sc1C(=O)Nc1ccc(F)cc1F. The minimum Gasteiger partial charge on any atom is -0.319 e. The van der Waals surface area contributed by atoms with Crippen molar-refractivity contribution in [3.8, 4) is 10.6 Å². The maximum absolute atomic E-state index is 13.7. The molecule has 0 saturated carbocycles. The van der Waals surface area contributed by atoms with Gasteiger partial charge in [-0.1, -0.05) is 12.1 Å². The lowest BCUT2D eigenvalue weighted by Gasteiger charge is -2.06. The number of anilines is 1. The third-order valence-corrected chi connectivity index (χ3v) is 4.85. The highest BCUT2D eigenvalue weighted by molar-refractivity contribution is 7.17. The molecule has 0 aliphatic rings. The van der Waals surface area contributed by atoms with Gasteiger partial charge in [-0.2, -0.15) is 13.2 Å². The molecule has 140 valence electrons. The number of nitrogens with one attached hydrogen (secondary N) is 1. The Hall–Kier alpha value is -2.81. The molecule has 0 saturated heterocycles. The normalized spacial score (nSPS) is 11.5. The summed E-state index contributed by atoms with van der Waals surface area (Å²) in [6.45, 7) is 1.56. The summed E-state index contributed by atoms with van der Waals surface area (Å²) in [4.78, 5) is 16.7. The largest absolute Gasteiger partial charge is 0.416 e. The van der Waals surface area contributed by atoms with Crippen LogP contribution in [0.4, 0.5) is 27.6 Å². The lowest BCUT2D eigenvalue weighted by molar-refractivity contribution is -0.137. The van der Waals surface area contributed by atoms with Crippen LogP contribution in [0.25, 0.3) is 10.6 Å². The van der Waals surface area contributed by atoms with Gasteiger partial charge in [-0.3, -0.25) is 4.79 Å². The fourth-order valence-corrected chi connectivity index (χ4v) is 3.27. The van der Waals surface area contributed by atoms with Crippen molar-refractivity contribution < 1.29 is 26.7 Å². The van der Waals surface area contributed by atoms with Crippen LogP contribution in [0, 0.1) is 18.6 Å². The van der Waals surface area contributed by atoms with Crippen LogP contribution in [-0.4, -0.2) is 10.9 Å². The Morgan fingerprint density at radius 3 is 2.33 bits per heavy atom. The zero-order valence-electron chi connectivity index (χ0n) is 13.7.